The first-order chi connectivity index (χ1) is 15.5. The summed E-state index contributed by atoms with van der Waals surface area (Å²) in [7, 11) is 0. The van der Waals surface area contributed by atoms with E-state index < -0.39 is 11.2 Å². The molecule has 0 atom stereocenters. The normalized spacial score (nSPS) is 10.9. The van der Waals surface area contributed by atoms with Crippen molar-refractivity contribution >= 4 is 28.7 Å². The fourth-order valence-electron chi connectivity index (χ4n) is 3.36. The maximum atomic E-state index is 13.1. The number of carbonyl (C=O) groups excluding carboxylic acids is 1. The number of fused-ring (bicyclic) bond motifs is 1. The zero-order chi connectivity index (χ0) is 22.5. The third-order valence-corrected chi connectivity index (χ3v) is 5.27. The van der Waals surface area contributed by atoms with Gasteiger partial charge in [0.1, 0.15) is 6.54 Å². The topological polar surface area (TPSA) is 98.9 Å². The second kappa shape index (κ2) is 9.57. The molecule has 32 heavy (non-hydrogen) atoms. The van der Waals surface area contributed by atoms with E-state index in [2.05, 4.69) is 15.3 Å². The number of aromatic nitrogens is 4. The van der Waals surface area contributed by atoms with Crippen LogP contribution >= 0.6 is 11.6 Å². The van der Waals surface area contributed by atoms with E-state index in [-0.39, 0.29) is 36.7 Å². The van der Waals surface area contributed by atoms with Crippen LogP contribution in [0.4, 0.5) is 0 Å². The number of halogens is 1. The number of nitrogens with one attached hydrogen (secondary N) is 1. The highest BCUT2D eigenvalue weighted by molar-refractivity contribution is 6.30. The fourth-order valence-corrected chi connectivity index (χ4v) is 3.48. The first-order valence-corrected chi connectivity index (χ1v) is 10.4. The van der Waals surface area contributed by atoms with Crippen LogP contribution in [-0.2, 0) is 30.8 Å². The van der Waals surface area contributed by atoms with Crippen LogP contribution in [0.2, 0.25) is 5.02 Å². The van der Waals surface area contributed by atoms with Crippen LogP contribution < -0.4 is 16.6 Å². The molecule has 0 saturated heterocycles. The Kier molecular flexibility index (Phi) is 6.42. The molecule has 162 valence electrons. The molecule has 0 unspecified atom stereocenters. The van der Waals surface area contributed by atoms with Crippen LogP contribution in [0, 0.1) is 0 Å². The van der Waals surface area contributed by atoms with Crippen molar-refractivity contribution in [2.45, 2.75) is 26.1 Å². The number of rotatable bonds is 7. The van der Waals surface area contributed by atoms with Crippen LogP contribution in [0.15, 0.2) is 76.6 Å². The monoisotopic (exact) mass is 449 g/mol. The van der Waals surface area contributed by atoms with Gasteiger partial charge in [-0.3, -0.25) is 18.7 Å². The molecule has 0 saturated carbocycles. The maximum Gasteiger partial charge on any atom is 0.333 e. The van der Waals surface area contributed by atoms with Gasteiger partial charge in [-0.15, -0.1) is 0 Å². The van der Waals surface area contributed by atoms with Crippen molar-refractivity contribution in [3.63, 3.8) is 0 Å². The summed E-state index contributed by atoms with van der Waals surface area (Å²) < 4.78 is 2.29. The Balaban J connectivity index is 1.61. The summed E-state index contributed by atoms with van der Waals surface area (Å²) >= 11 is 5.88. The quantitative estimate of drug-likeness (QED) is 0.466. The number of hydrogen-bond donors (Lipinski definition) is 1. The summed E-state index contributed by atoms with van der Waals surface area (Å²) in [6.07, 6.45) is 3.27. The van der Waals surface area contributed by atoms with Crippen molar-refractivity contribution in [1.29, 1.82) is 0 Å². The largest absolute Gasteiger partial charge is 0.350 e. The van der Waals surface area contributed by atoms with Gasteiger partial charge in [-0.05, 0) is 29.7 Å². The Bertz CT molecular complexity index is 1360. The molecule has 0 radical (unpaired) electrons. The van der Waals surface area contributed by atoms with Crippen molar-refractivity contribution in [3.05, 3.63) is 104 Å². The zero-order valence-electron chi connectivity index (χ0n) is 17.1. The number of aryl methyl sites for hydroxylation is 1. The Morgan fingerprint density at radius 3 is 2.38 bits per heavy atom. The van der Waals surface area contributed by atoms with E-state index >= 15 is 0 Å². The Morgan fingerprint density at radius 2 is 1.62 bits per heavy atom. The molecule has 0 aliphatic rings. The maximum absolute atomic E-state index is 13.1. The molecule has 0 bridgehead atoms. The molecule has 0 aliphatic heterocycles. The van der Waals surface area contributed by atoms with Crippen molar-refractivity contribution in [1.82, 2.24) is 24.4 Å². The van der Waals surface area contributed by atoms with Gasteiger partial charge in [0, 0.05) is 30.5 Å². The van der Waals surface area contributed by atoms with E-state index in [1.54, 1.807) is 24.3 Å². The Labute approximate surface area is 188 Å². The lowest BCUT2D eigenvalue weighted by atomic mass is 10.1. The molecule has 0 aliphatic carbocycles. The van der Waals surface area contributed by atoms with Gasteiger partial charge in [-0.25, -0.2) is 14.8 Å². The highest BCUT2D eigenvalue weighted by Gasteiger charge is 2.17. The van der Waals surface area contributed by atoms with Crippen molar-refractivity contribution < 1.29 is 4.79 Å². The lowest BCUT2D eigenvalue weighted by Crippen LogP contribution is -2.43. The predicted octanol–water partition coefficient (Wildman–Crippen LogP) is 2.17. The summed E-state index contributed by atoms with van der Waals surface area (Å²) in [6, 6.07) is 16.6. The third-order valence-electron chi connectivity index (χ3n) is 5.02. The van der Waals surface area contributed by atoms with Gasteiger partial charge >= 0.3 is 5.69 Å². The predicted molar refractivity (Wildman–Crippen MR) is 122 cm³/mol. The third kappa shape index (κ3) is 4.76. The summed E-state index contributed by atoms with van der Waals surface area (Å²) in [4.78, 5) is 46.9. The SMILES string of the molecule is O=C(Cn1c(=O)n(CCc2ccccc2)c(=O)c2nccnc21)NCc1ccc(Cl)cc1. The summed E-state index contributed by atoms with van der Waals surface area (Å²) in [6.45, 7) is 0.163. The molecular weight excluding hydrogens is 430 g/mol. The Morgan fingerprint density at radius 1 is 0.906 bits per heavy atom. The average molecular weight is 450 g/mol. The minimum Gasteiger partial charge on any atom is -0.350 e. The molecule has 2 aromatic heterocycles. The molecule has 2 aromatic carbocycles. The average Bonchev–Trinajstić information content (AvgIpc) is 2.82. The fraction of sp³-hybridized carbons (Fsp3) is 0.174. The second-order valence-corrected chi connectivity index (χ2v) is 7.63. The number of amides is 1. The lowest BCUT2D eigenvalue weighted by molar-refractivity contribution is -0.121. The number of hydrogen-bond acceptors (Lipinski definition) is 5. The molecule has 1 N–H and O–H groups in total. The summed E-state index contributed by atoms with van der Waals surface area (Å²) in [5.74, 6) is -0.387. The van der Waals surface area contributed by atoms with E-state index in [0.717, 1.165) is 15.7 Å². The number of carbonyl (C=O) groups is 1. The smallest absolute Gasteiger partial charge is 0.333 e. The summed E-state index contributed by atoms with van der Waals surface area (Å²) in [5.41, 5.74) is 0.871. The van der Waals surface area contributed by atoms with E-state index in [0.29, 0.717) is 11.4 Å². The first-order valence-electron chi connectivity index (χ1n) is 10.0. The Hall–Kier alpha value is -3.78. The van der Waals surface area contributed by atoms with Gasteiger partial charge in [0.25, 0.3) is 5.56 Å². The molecule has 1 amide bonds. The van der Waals surface area contributed by atoms with Gasteiger partial charge in [0.15, 0.2) is 11.2 Å². The molecule has 4 aromatic rings. The van der Waals surface area contributed by atoms with E-state index in [9.17, 15) is 14.4 Å². The van der Waals surface area contributed by atoms with Gasteiger partial charge in [-0.1, -0.05) is 54.1 Å². The molecule has 8 nitrogen and oxygen atoms in total. The minimum atomic E-state index is -0.597. The van der Waals surface area contributed by atoms with Gasteiger partial charge in [-0.2, -0.15) is 0 Å². The van der Waals surface area contributed by atoms with Crippen LogP contribution in [0.25, 0.3) is 11.2 Å². The highest BCUT2D eigenvalue weighted by Crippen LogP contribution is 2.09. The molecular formula is C23H20ClN5O3. The molecule has 0 spiro atoms. The van der Waals surface area contributed by atoms with E-state index in [1.165, 1.54) is 17.0 Å². The van der Waals surface area contributed by atoms with Gasteiger partial charge < -0.3 is 5.32 Å². The minimum absolute atomic E-state index is 0.0469. The highest BCUT2D eigenvalue weighted by atomic mass is 35.5. The van der Waals surface area contributed by atoms with Crippen molar-refractivity contribution in [2.75, 3.05) is 0 Å². The van der Waals surface area contributed by atoms with Crippen molar-refractivity contribution in [2.24, 2.45) is 0 Å². The summed E-state index contributed by atoms with van der Waals surface area (Å²) in [5, 5.41) is 3.38. The second-order valence-electron chi connectivity index (χ2n) is 7.19. The first kappa shape index (κ1) is 21.5. The van der Waals surface area contributed by atoms with Crippen LogP contribution in [0.5, 0.6) is 0 Å². The molecule has 2 heterocycles. The molecule has 9 heteroatoms. The van der Waals surface area contributed by atoms with Gasteiger partial charge in [0.2, 0.25) is 5.91 Å². The number of benzene rings is 2. The molecule has 4 rings (SSSR count). The van der Waals surface area contributed by atoms with E-state index in [4.69, 9.17) is 11.6 Å². The van der Waals surface area contributed by atoms with E-state index in [1.807, 2.05) is 30.3 Å². The zero-order valence-corrected chi connectivity index (χ0v) is 17.8. The van der Waals surface area contributed by atoms with Crippen LogP contribution in [0.3, 0.4) is 0 Å². The van der Waals surface area contributed by atoms with Crippen molar-refractivity contribution in [3.8, 4) is 0 Å². The standard InChI is InChI=1S/C23H20ClN5O3/c24-18-8-6-17(7-9-18)14-27-19(30)15-29-21-20(25-11-12-26-21)22(31)28(23(29)32)13-10-16-4-2-1-3-5-16/h1-9,11-12H,10,13-15H2,(H,27,30). The van der Waals surface area contributed by atoms with Crippen LogP contribution in [0.1, 0.15) is 11.1 Å². The van der Waals surface area contributed by atoms with Crippen LogP contribution in [-0.4, -0.2) is 25.0 Å². The lowest BCUT2D eigenvalue weighted by Gasteiger charge is -2.13. The van der Waals surface area contributed by atoms with Gasteiger partial charge in [0.05, 0.1) is 0 Å². The molecule has 0 fully saturated rings. The number of nitrogens with zero attached hydrogens (tertiary/aromatic N) is 4.